The van der Waals surface area contributed by atoms with Crippen LogP contribution in [0.1, 0.15) is 29.9 Å². The Bertz CT molecular complexity index is 1120. The van der Waals surface area contributed by atoms with Gasteiger partial charge in [-0.05, 0) is 31.5 Å². The van der Waals surface area contributed by atoms with Crippen LogP contribution < -0.4 is 9.64 Å². The van der Waals surface area contributed by atoms with E-state index in [1.807, 2.05) is 6.92 Å². The molecule has 1 atom stereocenters. The van der Waals surface area contributed by atoms with Crippen molar-refractivity contribution in [3.05, 3.63) is 83.1 Å². The molecule has 7 nitrogen and oxygen atoms in total. The molecule has 2 aromatic carbocycles. The molecule has 0 aliphatic carbocycles. The first kappa shape index (κ1) is 19.4. The van der Waals surface area contributed by atoms with Gasteiger partial charge >= 0.3 is 5.91 Å². The Morgan fingerprint density at radius 1 is 1.13 bits per heavy atom. The molecular formula is C23H20N2O5. The maximum absolute atomic E-state index is 13.0. The third-order valence-corrected chi connectivity index (χ3v) is 4.86. The number of ether oxygens (including phenoxy) is 1. The average molecular weight is 404 g/mol. The summed E-state index contributed by atoms with van der Waals surface area (Å²) in [6.07, 6.45) is 0. The van der Waals surface area contributed by atoms with Crippen LogP contribution in [0.4, 0.5) is 5.82 Å². The van der Waals surface area contributed by atoms with Gasteiger partial charge in [0.25, 0.3) is 5.78 Å². The number of anilines is 1. The third-order valence-electron chi connectivity index (χ3n) is 4.86. The number of aryl methyl sites for hydroxylation is 1. The quantitative estimate of drug-likeness (QED) is 0.392. The van der Waals surface area contributed by atoms with E-state index in [4.69, 9.17) is 9.26 Å². The molecule has 3 aromatic rings. The molecule has 30 heavy (non-hydrogen) atoms. The van der Waals surface area contributed by atoms with Crippen molar-refractivity contribution < 1.29 is 24.0 Å². The van der Waals surface area contributed by atoms with Crippen molar-refractivity contribution in [3.8, 4) is 5.75 Å². The predicted molar refractivity (Wildman–Crippen MR) is 110 cm³/mol. The van der Waals surface area contributed by atoms with E-state index < -0.39 is 17.7 Å². The van der Waals surface area contributed by atoms with Gasteiger partial charge in [-0.1, -0.05) is 47.6 Å². The molecule has 0 saturated carbocycles. The smallest absolute Gasteiger partial charge is 0.301 e. The fraction of sp³-hybridized carbons (Fsp3) is 0.174. The molecule has 1 fully saturated rings. The first-order valence-electron chi connectivity index (χ1n) is 9.53. The highest BCUT2D eigenvalue weighted by atomic mass is 16.5. The number of aliphatic hydroxyl groups excluding tert-OH is 1. The fourth-order valence-electron chi connectivity index (χ4n) is 3.52. The lowest BCUT2D eigenvalue weighted by Crippen LogP contribution is -2.29. The standard InChI is InChI=1S/C23H20N2O5/c1-3-29-17-11-9-15(10-12-17)20-19(21(26)16-7-5-4-6-8-16)22(27)23(28)25(20)18-13-14(2)30-24-18/h4-13,20,26H,3H2,1-2H3/b21-19+. The van der Waals surface area contributed by atoms with Gasteiger partial charge in [-0.2, -0.15) is 0 Å². The first-order chi connectivity index (χ1) is 14.5. The second-order valence-electron chi connectivity index (χ2n) is 6.83. The number of benzene rings is 2. The normalized spacial score (nSPS) is 18.1. The Labute approximate surface area is 173 Å². The summed E-state index contributed by atoms with van der Waals surface area (Å²) < 4.78 is 10.6. The van der Waals surface area contributed by atoms with E-state index in [1.54, 1.807) is 67.6 Å². The van der Waals surface area contributed by atoms with Gasteiger partial charge in [-0.25, -0.2) is 0 Å². The highest BCUT2D eigenvalue weighted by molar-refractivity contribution is 6.51. The van der Waals surface area contributed by atoms with Gasteiger partial charge in [-0.3, -0.25) is 14.5 Å². The number of carbonyl (C=O) groups is 2. The maximum atomic E-state index is 13.0. The molecule has 0 bridgehead atoms. The van der Waals surface area contributed by atoms with Crippen molar-refractivity contribution in [2.45, 2.75) is 19.9 Å². The Kier molecular flexibility index (Phi) is 5.10. The molecule has 7 heteroatoms. The summed E-state index contributed by atoms with van der Waals surface area (Å²) in [6.45, 7) is 4.10. The Balaban J connectivity index is 1.89. The van der Waals surface area contributed by atoms with E-state index in [2.05, 4.69) is 5.16 Å². The molecule has 1 N–H and O–H groups in total. The van der Waals surface area contributed by atoms with Gasteiger partial charge in [-0.15, -0.1) is 0 Å². The third kappa shape index (κ3) is 3.34. The van der Waals surface area contributed by atoms with Crippen LogP contribution >= 0.6 is 0 Å². The number of ketones is 1. The summed E-state index contributed by atoms with van der Waals surface area (Å²) in [7, 11) is 0. The number of amides is 1. The Morgan fingerprint density at radius 2 is 1.83 bits per heavy atom. The zero-order valence-electron chi connectivity index (χ0n) is 16.5. The van der Waals surface area contributed by atoms with Crippen LogP contribution in [0.5, 0.6) is 5.75 Å². The summed E-state index contributed by atoms with van der Waals surface area (Å²) >= 11 is 0. The van der Waals surface area contributed by atoms with Gasteiger partial charge in [0.1, 0.15) is 17.3 Å². The average Bonchev–Trinajstić information content (AvgIpc) is 3.30. The molecule has 0 spiro atoms. The van der Waals surface area contributed by atoms with Crippen LogP contribution in [0.2, 0.25) is 0 Å². The number of carbonyl (C=O) groups excluding carboxylic acids is 2. The minimum Gasteiger partial charge on any atom is -0.507 e. The van der Waals surface area contributed by atoms with E-state index in [-0.39, 0.29) is 17.2 Å². The minimum atomic E-state index is -0.856. The number of nitrogens with zero attached hydrogens (tertiary/aromatic N) is 2. The number of hydrogen-bond donors (Lipinski definition) is 1. The van der Waals surface area contributed by atoms with Crippen LogP contribution in [0.25, 0.3) is 5.76 Å². The molecule has 0 radical (unpaired) electrons. The number of rotatable bonds is 5. The summed E-state index contributed by atoms with van der Waals surface area (Å²) in [5.41, 5.74) is 1.08. The molecule has 1 aromatic heterocycles. The van der Waals surface area contributed by atoms with Crippen LogP contribution in [0.3, 0.4) is 0 Å². The fourth-order valence-corrected chi connectivity index (χ4v) is 3.52. The van der Waals surface area contributed by atoms with E-state index in [0.717, 1.165) is 0 Å². The van der Waals surface area contributed by atoms with Crippen LogP contribution in [0.15, 0.2) is 70.8 Å². The lowest BCUT2D eigenvalue weighted by atomic mass is 9.95. The lowest BCUT2D eigenvalue weighted by Gasteiger charge is -2.23. The largest absolute Gasteiger partial charge is 0.507 e. The van der Waals surface area contributed by atoms with Crippen molar-refractivity contribution in [1.82, 2.24) is 5.16 Å². The monoisotopic (exact) mass is 404 g/mol. The molecule has 1 amide bonds. The molecule has 1 aliphatic heterocycles. The highest BCUT2D eigenvalue weighted by Gasteiger charge is 2.48. The number of aromatic nitrogens is 1. The van der Waals surface area contributed by atoms with E-state index >= 15 is 0 Å². The summed E-state index contributed by atoms with van der Waals surface area (Å²) in [6, 6.07) is 16.4. The second kappa shape index (κ2) is 7.87. The maximum Gasteiger partial charge on any atom is 0.301 e. The van der Waals surface area contributed by atoms with E-state index in [0.29, 0.717) is 29.2 Å². The van der Waals surface area contributed by atoms with Crippen molar-refractivity contribution in [1.29, 1.82) is 0 Å². The SMILES string of the molecule is CCOc1ccc(C2/C(=C(\O)c3ccccc3)C(=O)C(=O)N2c2cc(C)on2)cc1. The molecule has 4 rings (SSSR count). The van der Waals surface area contributed by atoms with Crippen molar-refractivity contribution in [2.24, 2.45) is 0 Å². The summed E-state index contributed by atoms with van der Waals surface area (Å²) in [5.74, 6) is -0.425. The number of Topliss-reactive ketones (excluding diaryl/α,β-unsaturated/α-hetero) is 1. The second-order valence-corrected chi connectivity index (χ2v) is 6.83. The Morgan fingerprint density at radius 3 is 2.43 bits per heavy atom. The van der Waals surface area contributed by atoms with E-state index in [1.165, 1.54) is 4.90 Å². The molecule has 1 unspecified atom stereocenters. The topological polar surface area (TPSA) is 92.9 Å². The molecule has 1 saturated heterocycles. The van der Waals surface area contributed by atoms with Crippen LogP contribution in [0, 0.1) is 6.92 Å². The first-order valence-corrected chi connectivity index (χ1v) is 9.53. The summed E-state index contributed by atoms with van der Waals surface area (Å²) in [5, 5.41) is 14.9. The van der Waals surface area contributed by atoms with Crippen LogP contribution in [-0.2, 0) is 9.59 Å². The van der Waals surface area contributed by atoms with Crippen molar-refractivity contribution in [3.63, 3.8) is 0 Å². The minimum absolute atomic E-state index is 0.00369. The number of aliphatic hydroxyl groups is 1. The predicted octanol–water partition coefficient (Wildman–Crippen LogP) is 4.01. The highest BCUT2D eigenvalue weighted by Crippen LogP contribution is 2.42. The zero-order chi connectivity index (χ0) is 21.3. The zero-order valence-corrected chi connectivity index (χ0v) is 16.5. The lowest BCUT2D eigenvalue weighted by molar-refractivity contribution is -0.132. The summed E-state index contributed by atoms with van der Waals surface area (Å²) in [4.78, 5) is 27.2. The van der Waals surface area contributed by atoms with Gasteiger partial charge in [0, 0.05) is 11.6 Å². The molecule has 152 valence electrons. The van der Waals surface area contributed by atoms with Gasteiger partial charge in [0.05, 0.1) is 18.2 Å². The Hall–Kier alpha value is -3.87. The van der Waals surface area contributed by atoms with Gasteiger partial charge in [0.15, 0.2) is 5.82 Å². The number of hydrogen-bond acceptors (Lipinski definition) is 6. The molecule has 2 heterocycles. The van der Waals surface area contributed by atoms with Crippen molar-refractivity contribution in [2.75, 3.05) is 11.5 Å². The van der Waals surface area contributed by atoms with Gasteiger partial charge < -0.3 is 14.4 Å². The molecular weight excluding hydrogens is 384 g/mol. The molecule has 1 aliphatic rings. The van der Waals surface area contributed by atoms with E-state index in [9.17, 15) is 14.7 Å². The van der Waals surface area contributed by atoms with Crippen LogP contribution in [-0.4, -0.2) is 28.6 Å². The van der Waals surface area contributed by atoms with Gasteiger partial charge in [0.2, 0.25) is 0 Å². The van der Waals surface area contributed by atoms with Crippen molar-refractivity contribution >= 4 is 23.3 Å².